The van der Waals surface area contributed by atoms with Crippen LogP contribution in [0.3, 0.4) is 0 Å². The molecule has 2 aromatic heterocycles. The lowest BCUT2D eigenvalue weighted by Crippen LogP contribution is -2.27. The largest absolute Gasteiger partial charge is 0.310 e. The summed E-state index contributed by atoms with van der Waals surface area (Å²) in [6.07, 6.45) is 0. The number of amides is 1. The quantitative estimate of drug-likeness (QED) is 0.728. The first kappa shape index (κ1) is 16.2. The smallest absolute Gasteiger partial charge is 0.278 e. The van der Waals surface area contributed by atoms with Crippen LogP contribution in [0.1, 0.15) is 21.9 Å². The molecule has 2 heterocycles. The molecule has 0 N–H and O–H groups in total. The number of carbonyl (C=O) groups excluding carboxylic acids is 1. The van der Waals surface area contributed by atoms with Crippen molar-refractivity contribution in [1.82, 2.24) is 14.8 Å². The van der Waals surface area contributed by atoms with Gasteiger partial charge in [0.25, 0.3) is 5.91 Å². The van der Waals surface area contributed by atoms with Crippen LogP contribution in [0, 0.1) is 13.8 Å². The van der Waals surface area contributed by atoms with Crippen molar-refractivity contribution in [2.75, 3.05) is 11.9 Å². The number of aromatic nitrogens is 3. The van der Waals surface area contributed by atoms with Crippen LogP contribution in [0.15, 0.2) is 48.5 Å². The lowest BCUT2D eigenvalue weighted by molar-refractivity contribution is 0.0988. The fraction of sp³-hybridized carbons (Fsp3) is 0.167. The van der Waals surface area contributed by atoms with Gasteiger partial charge in [0.2, 0.25) is 0 Å². The van der Waals surface area contributed by atoms with E-state index >= 15 is 0 Å². The Bertz CT molecular complexity index is 889. The fourth-order valence-electron chi connectivity index (χ4n) is 2.49. The Hall–Kier alpha value is -2.66. The van der Waals surface area contributed by atoms with Crippen LogP contribution in [0.25, 0.3) is 5.82 Å². The van der Waals surface area contributed by atoms with Gasteiger partial charge in [0.15, 0.2) is 5.82 Å². The van der Waals surface area contributed by atoms with Crippen molar-refractivity contribution in [3.05, 3.63) is 70.6 Å². The van der Waals surface area contributed by atoms with E-state index in [1.165, 1.54) is 4.90 Å². The Morgan fingerprint density at radius 2 is 1.83 bits per heavy atom. The monoisotopic (exact) mass is 340 g/mol. The summed E-state index contributed by atoms with van der Waals surface area (Å²) in [6, 6.07) is 14.7. The number of carbonyl (C=O) groups is 1. The summed E-state index contributed by atoms with van der Waals surface area (Å²) in [5, 5.41) is 4.71. The van der Waals surface area contributed by atoms with Gasteiger partial charge in [-0.1, -0.05) is 29.8 Å². The van der Waals surface area contributed by atoms with Crippen LogP contribution in [0.4, 0.5) is 5.69 Å². The number of para-hydroxylation sites is 1. The summed E-state index contributed by atoms with van der Waals surface area (Å²) in [6.45, 7) is 3.85. The highest BCUT2D eigenvalue weighted by Gasteiger charge is 2.19. The molecule has 3 rings (SSSR count). The van der Waals surface area contributed by atoms with Gasteiger partial charge in [0, 0.05) is 18.4 Å². The summed E-state index contributed by atoms with van der Waals surface area (Å²) < 4.78 is 1.70. The fourth-order valence-corrected chi connectivity index (χ4v) is 2.67. The normalized spacial score (nSPS) is 10.7. The van der Waals surface area contributed by atoms with E-state index < -0.39 is 0 Å². The first-order valence-corrected chi connectivity index (χ1v) is 7.88. The molecule has 0 radical (unpaired) electrons. The summed E-state index contributed by atoms with van der Waals surface area (Å²) in [4.78, 5) is 18.8. The molecule has 0 aliphatic carbocycles. The summed E-state index contributed by atoms with van der Waals surface area (Å²) in [5.41, 5.74) is 2.81. The molecule has 122 valence electrons. The van der Waals surface area contributed by atoms with Gasteiger partial charge in [0.1, 0.15) is 5.69 Å². The van der Waals surface area contributed by atoms with Crippen molar-refractivity contribution in [3.8, 4) is 5.82 Å². The molecule has 1 aromatic carbocycles. The van der Waals surface area contributed by atoms with Crippen molar-refractivity contribution in [1.29, 1.82) is 0 Å². The van der Waals surface area contributed by atoms with Crippen molar-refractivity contribution < 1.29 is 4.79 Å². The van der Waals surface area contributed by atoms with Gasteiger partial charge in [-0.2, -0.15) is 5.10 Å². The highest BCUT2D eigenvalue weighted by Crippen LogP contribution is 2.21. The van der Waals surface area contributed by atoms with Crippen LogP contribution in [-0.4, -0.2) is 27.7 Å². The van der Waals surface area contributed by atoms with Gasteiger partial charge in [-0.25, -0.2) is 9.67 Å². The molecule has 0 fully saturated rings. The van der Waals surface area contributed by atoms with E-state index in [1.807, 2.05) is 50.2 Å². The molecule has 0 atom stereocenters. The second-order valence-electron chi connectivity index (χ2n) is 5.54. The van der Waals surface area contributed by atoms with Crippen LogP contribution < -0.4 is 4.90 Å². The third kappa shape index (κ3) is 3.03. The molecule has 0 unspecified atom stereocenters. The van der Waals surface area contributed by atoms with E-state index in [-0.39, 0.29) is 11.6 Å². The maximum atomic E-state index is 12.8. The minimum absolute atomic E-state index is 0.202. The minimum Gasteiger partial charge on any atom is -0.310 e. The second kappa shape index (κ2) is 6.45. The van der Waals surface area contributed by atoms with Crippen LogP contribution in [-0.2, 0) is 0 Å². The third-order valence-corrected chi connectivity index (χ3v) is 4.01. The number of aryl methyl sites for hydroxylation is 2. The van der Waals surface area contributed by atoms with Gasteiger partial charge in [-0.15, -0.1) is 0 Å². The molecule has 0 spiro atoms. The van der Waals surface area contributed by atoms with Gasteiger partial charge >= 0.3 is 0 Å². The number of hydrogen-bond acceptors (Lipinski definition) is 3. The van der Waals surface area contributed by atoms with Gasteiger partial charge in [-0.05, 0) is 44.2 Å². The van der Waals surface area contributed by atoms with Crippen molar-refractivity contribution in [2.45, 2.75) is 13.8 Å². The van der Waals surface area contributed by atoms with E-state index in [4.69, 9.17) is 11.6 Å². The Kier molecular flexibility index (Phi) is 4.36. The highest BCUT2D eigenvalue weighted by atomic mass is 35.5. The maximum absolute atomic E-state index is 12.8. The average Bonchev–Trinajstić information content (AvgIpc) is 2.93. The highest BCUT2D eigenvalue weighted by molar-refractivity contribution is 6.34. The number of pyridine rings is 1. The number of halogens is 1. The standard InChI is InChI=1S/C18H17ClN4O/c1-12-11-13(2)23(21-12)16-10-9-15(19)17(20-16)18(24)22(3)14-7-5-4-6-8-14/h4-11H,1-3H3. The molecule has 0 saturated carbocycles. The van der Waals surface area contributed by atoms with Gasteiger partial charge < -0.3 is 4.90 Å². The number of rotatable bonds is 3. The number of nitrogens with zero attached hydrogens (tertiary/aromatic N) is 4. The molecule has 0 aliphatic heterocycles. The summed E-state index contributed by atoms with van der Waals surface area (Å²) in [5.74, 6) is 0.296. The number of anilines is 1. The SMILES string of the molecule is Cc1cc(C)n(-c2ccc(Cl)c(C(=O)N(C)c3ccccc3)n2)n1. The molecule has 24 heavy (non-hydrogen) atoms. The first-order chi connectivity index (χ1) is 11.5. The van der Waals surface area contributed by atoms with E-state index in [9.17, 15) is 4.79 Å². The van der Waals surface area contributed by atoms with Gasteiger partial charge in [0.05, 0.1) is 10.7 Å². The zero-order chi connectivity index (χ0) is 17.3. The predicted octanol–water partition coefficient (Wildman–Crippen LogP) is 3.81. The predicted molar refractivity (Wildman–Crippen MR) is 95.0 cm³/mol. The molecule has 5 nitrogen and oxygen atoms in total. The summed E-state index contributed by atoms with van der Waals surface area (Å²) >= 11 is 6.22. The molecular formula is C18H17ClN4O. The van der Waals surface area contributed by atoms with Crippen LogP contribution in [0.2, 0.25) is 5.02 Å². The lowest BCUT2D eigenvalue weighted by Gasteiger charge is -2.18. The van der Waals surface area contributed by atoms with Gasteiger partial charge in [-0.3, -0.25) is 4.79 Å². The average molecular weight is 341 g/mol. The summed E-state index contributed by atoms with van der Waals surface area (Å²) in [7, 11) is 1.70. The lowest BCUT2D eigenvalue weighted by atomic mass is 10.2. The second-order valence-corrected chi connectivity index (χ2v) is 5.95. The van der Waals surface area contributed by atoms with Crippen LogP contribution in [0.5, 0.6) is 0 Å². The van der Waals surface area contributed by atoms with Crippen LogP contribution >= 0.6 is 11.6 Å². The van der Waals surface area contributed by atoms with Crippen molar-refractivity contribution in [2.24, 2.45) is 0 Å². The third-order valence-electron chi connectivity index (χ3n) is 3.71. The van der Waals surface area contributed by atoms with Crippen molar-refractivity contribution in [3.63, 3.8) is 0 Å². The number of benzene rings is 1. The van der Waals surface area contributed by atoms with Crippen molar-refractivity contribution >= 4 is 23.2 Å². The Balaban J connectivity index is 2.00. The molecule has 0 aliphatic rings. The topological polar surface area (TPSA) is 51.0 Å². The Labute approximate surface area is 145 Å². The molecular weight excluding hydrogens is 324 g/mol. The minimum atomic E-state index is -0.269. The Morgan fingerprint density at radius 3 is 2.46 bits per heavy atom. The maximum Gasteiger partial charge on any atom is 0.278 e. The molecule has 0 saturated heterocycles. The molecule has 6 heteroatoms. The van der Waals surface area contributed by atoms with E-state index in [0.717, 1.165) is 17.1 Å². The van der Waals surface area contributed by atoms with E-state index in [0.29, 0.717) is 10.8 Å². The molecule has 3 aromatic rings. The molecule has 0 bridgehead atoms. The zero-order valence-corrected chi connectivity index (χ0v) is 14.4. The number of hydrogen-bond donors (Lipinski definition) is 0. The molecule has 1 amide bonds. The first-order valence-electron chi connectivity index (χ1n) is 7.50. The van der Waals surface area contributed by atoms with E-state index in [1.54, 1.807) is 23.9 Å². The Morgan fingerprint density at radius 1 is 1.12 bits per heavy atom. The zero-order valence-electron chi connectivity index (χ0n) is 13.7. The van der Waals surface area contributed by atoms with E-state index in [2.05, 4.69) is 10.1 Å².